The van der Waals surface area contributed by atoms with Crippen molar-refractivity contribution in [1.29, 1.82) is 0 Å². The van der Waals surface area contributed by atoms with Crippen LogP contribution in [0.1, 0.15) is 24.4 Å². The number of carbonyl (C=O) groups excluding carboxylic acids is 1. The van der Waals surface area contributed by atoms with Crippen molar-refractivity contribution >= 4 is 11.9 Å². The third kappa shape index (κ3) is 3.00. The minimum atomic E-state index is -1.06. The fraction of sp³-hybridized carbons (Fsp3) is 0.467. The van der Waals surface area contributed by atoms with Crippen LogP contribution in [0, 0.1) is 0 Å². The zero-order chi connectivity index (χ0) is 14.8. The first kappa shape index (κ1) is 13.9. The number of aliphatic carboxylic acids is 1. The molecule has 0 saturated heterocycles. The maximum atomic E-state index is 12.3. The Kier molecular flexibility index (Phi) is 3.79. The van der Waals surface area contributed by atoms with E-state index >= 15 is 0 Å². The summed E-state index contributed by atoms with van der Waals surface area (Å²) in [5, 5.41) is 9.53. The summed E-state index contributed by atoms with van der Waals surface area (Å²) < 4.78 is 10.9. The number of ether oxygens (including phenoxy) is 2. The molecule has 1 heterocycles. The Morgan fingerprint density at radius 3 is 2.81 bits per heavy atom. The third-order valence-electron chi connectivity index (χ3n) is 3.64. The van der Waals surface area contributed by atoms with Gasteiger partial charge in [-0.05, 0) is 18.9 Å². The summed E-state index contributed by atoms with van der Waals surface area (Å²) >= 11 is 0. The average molecular weight is 291 g/mol. The number of amides is 1. The molecule has 1 amide bonds. The molecule has 0 radical (unpaired) electrons. The van der Waals surface area contributed by atoms with E-state index in [1.807, 2.05) is 0 Å². The quantitative estimate of drug-likeness (QED) is 0.902. The first-order valence-corrected chi connectivity index (χ1v) is 7.02. The van der Waals surface area contributed by atoms with Crippen LogP contribution < -0.4 is 4.74 Å². The van der Waals surface area contributed by atoms with Gasteiger partial charge in [0.25, 0.3) is 0 Å². The molecule has 1 N–H and O–H groups in total. The second kappa shape index (κ2) is 5.73. The van der Waals surface area contributed by atoms with E-state index in [0.29, 0.717) is 11.3 Å². The van der Waals surface area contributed by atoms with Crippen molar-refractivity contribution in [3.8, 4) is 5.75 Å². The monoisotopic (exact) mass is 291 g/mol. The zero-order valence-corrected chi connectivity index (χ0v) is 11.5. The third-order valence-corrected chi connectivity index (χ3v) is 3.64. The van der Waals surface area contributed by atoms with E-state index in [4.69, 9.17) is 9.47 Å². The highest BCUT2D eigenvalue weighted by atomic mass is 16.5. The standard InChI is InChI=1S/C15H17NO5/c17-13(9-21-10-5-6-10)16-7-8-20-12-4-2-1-3-11(12)14(16)15(18)19/h1-4,10,14H,5-9H2,(H,18,19). The summed E-state index contributed by atoms with van der Waals surface area (Å²) in [7, 11) is 0. The van der Waals surface area contributed by atoms with Gasteiger partial charge in [0.1, 0.15) is 19.0 Å². The van der Waals surface area contributed by atoms with E-state index in [2.05, 4.69) is 0 Å². The molecule has 0 aromatic heterocycles. The van der Waals surface area contributed by atoms with Gasteiger partial charge in [-0.15, -0.1) is 0 Å². The van der Waals surface area contributed by atoms with E-state index in [-0.39, 0.29) is 31.8 Å². The van der Waals surface area contributed by atoms with Gasteiger partial charge in [0.2, 0.25) is 5.91 Å². The molecule has 1 atom stereocenters. The molecule has 0 spiro atoms. The van der Waals surface area contributed by atoms with E-state index in [1.165, 1.54) is 4.90 Å². The molecule has 2 aliphatic rings. The number of carbonyl (C=O) groups is 2. The molecule has 1 saturated carbocycles. The van der Waals surface area contributed by atoms with Gasteiger partial charge in [-0.1, -0.05) is 18.2 Å². The van der Waals surface area contributed by atoms with Crippen LogP contribution in [0.4, 0.5) is 0 Å². The summed E-state index contributed by atoms with van der Waals surface area (Å²) in [4.78, 5) is 25.3. The van der Waals surface area contributed by atoms with Crippen LogP contribution >= 0.6 is 0 Å². The SMILES string of the molecule is O=C(O)C1c2ccccc2OCCN1C(=O)COC1CC1. The van der Waals surface area contributed by atoms with Crippen LogP contribution in [0.15, 0.2) is 24.3 Å². The number of nitrogens with zero attached hydrogens (tertiary/aromatic N) is 1. The number of hydrogen-bond acceptors (Lipinski definition) is 4. The lowest BCUT2D eigenvalue weighted by Crippen LogP contribution is -2.41. The predicted molar refractivity (Wildman–Crippen MR) is 73.0 cm³/mol. The van der Waals surface area contributed by atoms with Crippen molar-refractivity contribution < 1.29 is 24.2 Å². The van der Waals surface area contributed by atoms with Crippen LogP contribution in [0.2, 0.25) is 0 Å². The van der Waals surface area contributed by atoms with E-state index in [9.17, 15) is 14.7 Å². The van der Waals surface area contributed by atoms with Gasteiger partial charge in [0, 0.05) is 5.56 Å². The molecule has 0 bridgehead atoms. The Hall–Kier alpha value is -2.08. The smallest absolute Gasteiger partial charge is 0.331 e. The maximum Gasteiger partial charge on any atom is 0.331 e. The van der Waals surface area contributed by atoms with Gasteiger partial charge < -0.3 is 19.5 Å². The highest BCUT2D eigenvalue weighted by Gasteiger charge is 2.35. The molecular formula is C15H17NO5. The number of fused-ring (bicyclic) bond motifs is 1. The molecule has 1 aliphatic carbocycles. The van der Waals surface area contributed by atoms with Crippen molar-refractivity contribution in [3.05, 3.63) is 29.8 Å². The second-order valence-electron chi connectivity index (χ2n) is 5.22. The molecule has 6 heteroatoms. The molecular weight excluding hydrogens is 274 g/mol. The summed E-state index contributed by atoms with van der Waals surface area (Å²) in [6.07, 6.45) is 2.11. The zero-order valence-electron chi connectivity index (χ0n) is 11.5. The molecule has 1 aromatic rings. The number of benzene rings is 1. The van der Waals surface area contributed by atoms with Crippen LogP contribution in [-0.2, 0) is 14.3 Å². The first-order chi connectivity index (χ1) is 10.2. The Labute approximate surface area is 122 Å². The van der Waals surface area contributed by atoms with Gasteiger partial charge in [-0.25, -0.2) is 4.79 Å². The van der Waals surface area contributed by atoms with Gasteiger partial charge in [-0.3, -0.25) is 4.79 Å². The lowest BCUT2D eigenvalue weighted by molar-refractivity contribution is -0.152. The largest absolute Gasteiger partial charge is 0.491 e. The van der Waals surface area contributed by atoms with E-state index < -0.39 is 12.0 Å². The van der Waals surface area contributed by atoms with Gasteiger partial charge in [0.15, 0.2) is 6.04 Å². The second-order valence-corrected chi connectivity index (χ2v) is 5.22. The van der Waals surface area contributed by atoms with Crippen molar-refractivity contribution in [2.45, 2.75) is 25.0 Å². The van der Waals surface area contributed by atoms with Crippen molar-refractivity contribution in [2.24, 2.45) is 0 Å². The van der Waals surface area contributed by atoms with Gasteiger partial charge in [0.05, 0.1) is 12.6 Å². The maximum absolute atomic E-state index is 12.3. The fourth-order valence-corrected chi connectivity index (χ4v) is 2.43. The average Bonchev–Trinajstić information content (AvgIpc) is 3.29. The molecule has 6 nitrogen and oxygen atoms in total. The van der Waals surface area contributed by atoms with Crippen LogP contribution in [0.3, 0.4) is 0 Å². The lowest BCUT2D eigenvalue weighted by Gasteiger charge is -2.26. The summed E-state index contributed by atoms with van der Waals surface area (Å²) in [6.45, 7) is 0.436. The van der Waals surface area contributed by atoms with Crippen molar-refractivity contribution in [1.82, 2.24) is 4.90 Å². The fourth-order valence-electron chi connectivity index (χ4n) is 2.43. The highest BCUT2D eigenvalue weighted by Crippen LogP contribution is 2.32. The minimum absolute atomic E-state index is 0.0728. The Morgan fingerprint density at radius 1 is 1.33 bits per heavy atom. The number of hydrogen-bond donors (Lipinski definition) is 1. The Morgan fingerprint density at radius 2 is 2.10 bits per heavy atom. The summed E-state index contributed by atoms with van der Waals surface area (Å²) in [6, 6.07) is 5.90. The highest BCUT2D eigenvalue weighted by molar-refractivity contribution is 5.86. The van der Waals surface area contributed by atoms with Crippen molar-refractivity contribution in [3.63, 3.8) is 0 Å². The van der Waals surface area contributed by atoms with Crippen molar-refractivity contribution in [2.75, 3.05) is 19.8 Å². The number of carboxylic acids is 1. The Balaban J connectivity index is 1.84. The van der Waals surface area contributed by atoms with E-state index in [1.54, 1.807) is 24.3 Å². The predicted octanol–water partition coefficient (Wildman–Crippen LogP) is 1.21. The van der Waals surface area contributed by atoms with Crippen LogP contribution in [0.25, 0.3) is 0 Å². The molecule has 1 aromatic carbocycles. The topological polar surface area (TPSA) is 76.1 Å². The summed E-state index contributed by atoms with van der Waals surface area (Å²) in [5.41, 5.74) is 0.502. The molecule has 1 unspecified atom stereocenters. The number of para-hydroxylation sites is 1. The number of rotatable bonds is 4. The summed E-state index contributed by atoms with van der Waals surface area (Å²) in [5.74, 6) is -0.856. The molecule has 1 fully saturated rings. The minimum Gasteiger partial charge on any atom is -0.491 e. The molecule has 112 valence electrons. The molecule has 1 aliphatic heterocycles. The normalized spacial score (nSPS) is 21.1. The van der Waals surface area contributed by atoms with Gasteiger partial charge in [-0.2, -0.15) is 0 Å². The van der Waals surface area contributed by atoms with Crippen LogP contribution in [-0.4, -0.2) is 47.7 Å². The van der Waals surface area contributed by atoms with Gasteiger partial charge >= 0.3 is 5.97 Å². The molecule has 3 rings (SSSR count). The Bertz CT molecular complexity index is 555. The lowest BCUT2D eigenvalue weighted by atomic mass is 10.0. The first-order valence-electron chi connectivity index (χ1n) is 7.02. The van der Waals surface area contributed by atoms with E-state index in [0.717, 1.165) is 12.8 Å². The van der Waals surface area contributed by atoms with Crippen LogP contribution in [0.5, 0.6) is 5.75 Å². The number of carboxylic acid groups (broad SMARTS) is 1. The molecule has 21 heavy (non-hydrogen) atoms.